The van der Waals surface area contributed by atoms with Gasteiger partial charge in [-0.1, -0.05) is 10.3 Å². The molecule has 2 fully saturated rings. The number of thiazole rings is 2. The van der Waals surface area contributed by atoms with Crippen molar-refractivity contribution in [2.24, 2.45) is 10.3 Å². The Balaban J connectivity index is 0.000000315. The number of hydrogen-bond donors (Lipinski definition) is 6. The number of aromatic nitrogens is 8. The van der Waals surface area contributed by atoms with Gasteiger partial charge in [0.25, 0.3) is 17.7 Å². The van der Waals surface area contributed by atoms with E-state index in [1.165, 1.54) is 49.4 Å². The number of carbonyl (C=O) groups is 8. The van der Waals surface area contributed by atoms with E-state index >= 15 is 0 Å². The summed E-state index contributed by atoms with van der Waals surface area (Å²) in [6.07, 6.45) is 1.42. The Bertz CT molecular complexity index is 3370. The van der Waals surface area contributed by atoms with Gasteiger partial charge >= 0.3 is 34.4 Å². The van der Waals surface area contributed by atoms with Crippen LogP contribution in [-0.4, -0.2) is 174 Å². The zero-order chi connectivity index (χ0) is 64.9. The molecule has 2 aliphatic heterocycles. The lowest BCUT2D eigenvalue weighted by atomic mass is 9.98. The van der Waals surface area contributed by atoms with E-state index in [9.17, 15) is 51.3 Å². The highest BCUT2D eigenvalue weighted by Crippen LogP contribution is 2.27. The lowest BCUT2D eigenvalue weighted by Crippen LogP contribution is -2.73. The summed E-state index contributed by atoms with van der Waals surface area (Å²) in [5, 5.41) is 39.7. The minimum Gasteiger partial charge on any atom is -0.457 e. The maximum atomic E-state index is 13.6. The van der Waals surface area contributed by atoms with Crippen LogP contribution in [-0.2, 0) is 80.8 Å². The third-order valence-corrected chi connectivity index (χ3v) is 13.1. The third kappa shape index (κ3) is 19.9. The Labute approximate surface area is 502 Å². The van der Waals surface area contributed by atoms with Crippen LogP contribution in [0.25, 0.3) is 0 Å². The lowest BCUT2D eigenvalue weighted by molar-refractivity contribution is -0.180. The Hall–Kier alpha value is -8.25. The molecule has 6 heterocycles. The number of rotatable bonds is 19. The number of β-lactam (4-membered cyclic amide) rings is 2. The normalized spacial score (nSPS) is 17.7. The van der Waals surface area contributed by atoms with Crippen molar-refractivity contribution < 1.29 is 79.9 Å². The second-order valence-electron chi connectivity index (χ2n) is 24.2. The number of amides is 6. The van der Waals surface area contributed by atoms with Crippen molar-refractivity contribution in [3.8, 4) is 0 Å². The molecule has 0 radical (unpaired) electrons. The predicted octanol–water partition coefficient (Wildman–Crippen LogP) is 3.34. The van der Waals surface area contributed by atoms with E-state index in [2.05, 4.69) is 67.3 Å². The zero-order valence-corrected chi connectivity index (χ0v) is 53.1. The summed E-state index contributed by atoms with van der Waals surface area (Å²) in [4.78, 5) is 124. The molecule has 4 aromatic heterocycles. The van der Waals surface area contributed by atoms with E-state index in [-0.39, 0.29) is 44.8 Å². The van der Waals surface area contributed by atoms with Crippen molar-refractivity contribution in [1.82, 2.24) is 60.2 Å². The van der Waals surface area contributed by atoms with Gasteiger partial charge in [0.05, 0.1) is 42.9 Å². The number of ether oxygens (including phenoxy) is 4. The Kier molecular flexibility index (Phi) is 20.8. The second-order valence-corrected chi connectivity index (χ2v) is 27.2. The van der Waals surface area contributed by atoms with Gasteiger partial charge in [0.2, 0.25) is 17.1 Å². The third-order valence-electron chi connectivity index (χ3n) is 10.7. The molecule has 6 rings (SSSR count). The molecular weight excluding hydrogens is 1190 g/mol. The van der Waals surface area contributed by atoms with Crippen LogP contribution in [0, 0.1) is 13.8 Å². The molecule has 36 heteroatoms. The molecule has 0 aromatic carbocycles. The number of hydrogen-bond acceptors (Lipinski definition) is 26. The van der Waals surface area contributed by atoms with Crippen LogP contribution in [0.1, 0.15) is 134 Å². The average molecular weight is 1270 g/mol. The van der Waals surface area contributed by atoms with Gasteiger partial charge in [-0.2, -0.15) is 38.4 Å². The van der Waals surface area contributed by atoms with E-state index in [4.69, 9.17) is 28.6 Å². The first-order chi connectivity index (χ1) is 39.3. The molecule has 0 saturated carbocycles. The fourth-order valence-corrected chi connectivity index (χ4v) is 9.11. The number of nitrogens with one attached hydrogen (secondary N) is 5. The van der Waals surface area contributed by atoms with Crippen LogP contribution >= 0.6 is 22.7 Å². The zero-order valence-electron chi connectivity index (χ0n) is 50.7. The molecular formula is C50H72N16O17S3. The molecule has 0 spiro atoms. The van der Waals surface area contributed by atoms with Crippen molar-refractivity contribution in [3.05, 3.63) is 45.9 Å². The molecule has 6 N–H and O–H groups in total. The highest BCUT2D eigenvalue weighted by atomic mass is 32.2. The van der Waals surface area contributed by atoms with Gasteiger partial charge < -0.3 is 44.6 Å². The molecule has 4 atom stereocenters. The van der Waals surface area contributed by atoms with E-state index in [1.54, 1.807) is 103 Å². The molecule has 4 aromatic rings. The van der Waals surface area contributed by atoms with Crippen molar-refractivity contribution in [1.29, 1.82) is 0 Å². The van der Waals surface area contributed by atoms with Gasteiger partial charge in [0.15, 0.2) is 21.7 Å². The predicted molar refractivity (Wildman–Crippen MR) is 307 cm³/mol. The quantitative estimate of drug-likeness (QED) is 0.0196. The molecule has 0 bridgehead atoms. The van der Waals surface area contributed by atoms with E-state index in [0.29, 0.717) is 11.4 Å². The largest absolute Gasteiger partial charge is 0.457 e. The van der Waals surface area contributed by atoms with Gasteiger partial charge in [-0.3, -0.25) is 34.4 Å². The minimum absolute atomic E-state index is 0.0152. The fourth-order valence-electron chi connectivity index (χ4n) is 6.87. The SMILES string of the molecule is Cc1cnn(C[C@@H]2[C@H](NC(=O)/C(=N\OC(C)(C)C(=O)OC(C)(C)C)c3csc(NC(=O)OC(C)(C)C)n3)C(=O)N2S(=O)(=O)O)n1.Cc1cnn(C[C@H]2NC(=O)[C@H]2NC(=O)/C(=N\OC(C)(C)C(=O)OC(C)(C)C)c2csc(NC(=O)OC(C)(C)C)n2)n1. The maximum absolute atomic E-state index is 13.6. The molecule has 2 saturated heterocycles. The fraction of sp³-hybridized carbons (Fsp3) is 0.600. The lowest BCUT2D eigenvalue weighted by Gasteiger charge is -2.43. The van der Waals surface area contributed by atoms with E-state index in [0.717, 1.165) is 27.5 Å². The number of anilines is 2. The smallest absolute Gasteiger partial charge is 0.413 e. The number of aryl methyl sites for hydroxylation is 2. The summed E-state index contributed by atoms with van der Waals surface area (Å²) < 4.78 is 54.9. The highest BCUT2D eigenvalue weighted by Gasteiger charge is 2.55. The van der Waals surface area contributed by atoms with Crippen LogP contribution in [0.2, 0.25) is 0 Å². The topological polar surface area (TPSA) is 422 Å². The van der Waals surface area contributed by atoms with Gasteiger partial charge in [-0.05, 0) is 125 Å². The number of esters is 2. The standard InChI is InChI=1S/C25H36N8O10S2.C25H36N8O7S/c1-13-10-26-32(30-13)11-15-17(19(35)33(15)45(38,39)40)28-18(34)16(31-43-25(8,9)20(36)41-23(2,3)4)14-12-44-21(27-14)29-22(37)42-24(5,6)7;1-13-10-26-33(31-13)11-14-16(18(34)27-14)29-19(35)17(32-40-25(8,9)20(36)38-23(2,3)4)15-12-41-21(28-15)30-22(37)39-24(5,6)7/h10,12,15,17H,11H2,1-9H3,(H,28,34)(H,27,29,37)(H,38,39,40);10,12,14,16H,11H2,1-9H3,(H,27,34)(H,29,35)(H,28,30,37)/b31-16-;32-17-/t15-,17+;14-,16+/m11/s1. The maximum Gasteiger partial charge on any atom is 0.413 e. The molecule has 6 amide bonds. The Morgan fingerprint density at radius 3 is 1.35 bits per heavy atom. The molecule has 472 valence electrons. The second kappa shape index (κ2) is 26.2. The van der Waals surface area contributed by atoms with Crippen LogP contribution in [0.5, 0.6) is 0 Å². The summed E-state index contributed by atoms with van der Waals surface area (Å²) in [5.41, 5.74) is -6.24. The highest BCUT2D eigenvalue weighted by molar-refractivity contribution is 7.84. The summed E-state index contributed by atoms with van der Waals surface area (Å²) in [7, 11) is -5.00. The Morgan fingerprint density at radius 1 is 0.616 bits per heavy atom. The van der Waals surface area contributed by atoms with E-state index in [1.807, 2.05) is 0 Å². The average Bonchev–Trinajstić information content (AvgIpc) is 1.03. The first-order valence-corrected chi connectivity index (χ1v) is 29.3. The molecule has 0 unspecified atom stereocenters. The van der Waals surface area contributed by atoms with E-state index < -0.39 is 122 Å². The first-order valence-electron chi connectivity index (χ1n) is 26.2. The van der Waals surface area contributed by atoms with Gasteiger partial charge in [0, 0.05) is 10.8 Å². The molecule has 33 nitrogen and oxygen atoms in total. The minimum atomic E-state index is -5.00. The van der Waals surface area contributed by atoms with Crippen molar-refractivity contribution in [2.75, 3.05) is 10.6 Å². The summed E-state index contributed by atoms with van der Waals surface area (Å²) in [6, 6.07) is -4.20. The number of oxime groups is 2. The van der Waals surface area contributed by atoms with Gasteiger partial charge in [-0.15, -0.1) is 22.7 Å². The van der Waals surface area contributed by atoms with Crippen molar-refractivity contribution in [3.63, 3.8) is 0 Å². The van der Waals surface area contributed by atoms with Crippen LogP contribution < -0.4 is 26.6 Å². The molecule has 2 aliphatic rings. The van der Waals surface area contributed by atoms with Crippen molar-refractivity contribution in [2.45, 2.75) is 195 Å². The van der Waals surface area contributed by atoms with Crippen LogP contribution in [0.15, 0.2) is 33.5 Å². The molecule has 86 heavy (non-hydrogen) atoms. The monoisotopic (exact) mass is 1260 g/mol. The van der Waals surface area contributed by atoms with Crippen LogP contribution in [0.3, 0.4) is 0 Å². The number of nitrogens with zero attached hydrogens (tertiary/aromatic N) is 11. The molecule has 0 aliphatic carbocycles. The summed E-state index contributed by atoms with van der Waals surface area (Å²) >= 11 is 1.92. The first kappa shape index (κ1) is 68.5. The van der Waals surface area contributed by atoms with Gasteiger partial charge in [0.1, 0.15) is 51.9 Å². The Morgan fingerprint density at radius 2 is 1.00 bits per heavy atom. The van der Waals surface area contributed by atoms with Crippen molar-refractivity contribution >= 4 is 102 Å². The summed E-state index contributed by atoms with van der Waals surface area (Å²) in [5.74, 6) is -4.92. The van der Waals surface area contributed by atoms with Gasteiger partial charge in [-0.25, -0.2) is 33.5 Å². The van der Waals surface area contributed by atoms with Crippen LogP contribution in [0.4, 0.5) is 19.9 Å². The summed E-state index contributed by atoms with van der Waals surface area (Å²) in [6.45, 7) is 29.1. The number of carbonyl (C=O) groups excluding carboxylic acids is 8.